The van der Waals surface area contributed by atoms with Gasteiger partial charge in [0.25, 0.3) is 0 Å². The van der Waals surface area contributed by atoms with Crippen molar-refractivity contribution in [1.29, 1.82) is 0 Å². The molecule has 2 rings (SSSR count). The second-order valence-electron chi connectivity index (χ2n) is 4.46. The third kappa shape index (κ3) is 3.95. The van der Waals surface area contributed by atoms with Gasteiger partial charge in [-0.1, -0.05) is 18.2 Å². The maximum atomic E-state index is 13.5. The van der Waals surface area contributed by atoms with Crippen LogP contribution in [0.25, 0.3) is 0 Å². The normalized spacial score (nSPS) is 12.5. The first-order valence-electron chi connectivity index (χ1n) is 6.20. The van der Waals surface area contributed by atoms with Crippen LogP contribution in [-0.2, 0) is 6.42 Å². The summed E-state index contributed by atoms with van der Waals surface area (Å²) in [6.07, 6.45) is -0.0342. The Bertz CT molecular complexity index is 581. The number of alkyl halides is 2. The van der Waals surface area contributed by atoms with Crippen molar-refractivity contribution in [1.82, 2.24) is 0 Å². The van der Waals surface area contributed by atoms with Crippen molar-refractivity contribution in [3.05, 3.63) is 65.2 Å². The van der Waals surface area contributed by atoms with E-state index in [1.165, 1.54) is 30.3 Å². The molecule has 2 aromatic carbocycles. The summed E-state index contributed by atoms with van der Waals surface area (Å²) in [7, 11) is 0. The summed E-state index contributed by atoms with van der Waals surface area (Å²) in [5.74, 6) is -1.33. The molecule has 0 aliphatic heterocycles. The minimum Gasteiger partial charge on any atom is -0.435 e. The molecule has 21 heavy (non-hydrogen) atoms. The van der Waals surface area contributed by atoms with Gasteiger partial charge in [-0.2, -0.15) is 8.78 Å². The highest BCUT2D eigenvalue weighted by atomic mass is 19.3. The maximum Gasteiger partial charge on any atom is 0.387 e. The maximum absolute atomic E-state index is 13.5. The molecule has 2 N–H and O–H groups in total. The van der Waals surface area contributed by atoms with Gasteiger partial charge in [-0.25, -0.2) is 8.78 Å². The van der Waals surface area contributed by atoms with Crippen LogP contribution in [0.3, 0.4) is 0 Å². The third-order valence-corrected chi connectivity index (χ3v) is 3.02. The minimum atomic E-state index is -2.91. The monoisotopic (exact) mass is 299 g/mol. The van der Waals surface area contributed by atoms with Gasteiger partial charge in [0.1, 0.15) is 17.4 Å². The standard InChI is InChI=1S/C15H13F4NO/c16-12-2-1-3-13(17)11(12)8-14(20)9-4-6-10(7-5-9)21-15(18)19/h1-7,14-15H,8,20H2. The van der Waals surface area contributed by atoms with Gasteiger partial charge in [-0.3, -0.25) is 0 Å². The molecule has 112 valence electrons. The first-order valence-corrected chi connectivity index (χ1v) is 6.20. The summed E-state index contributed by atoms with van der Waals surface area (Å²) >= 11 is 0. The molecule has 2 nitrogen and oxygen atoms in total. The first kappa shape index (κ1) is 15.3. The van der Waals surface area contributed by atoms with Gasteiger partial charge in [0, 0.05) is 11.6 Å². The molecule has 0 saturated carbocycles. The summed E-state index contributed by atoms with van der Waals surface area (Å²) in [4.78, 5) is 0. The van der Waals surface area contributed by atoms with Crippen molar-refractivity contribution >= 4 is 0 Å². The SMILES string of the molecule is NC(Cc1c(F)cccc1F)c1ccc(OC(F)F)cc1. The van der Waals surface area contributed by atoms with E-state index in [0.29, 0.717) is 5.56 Å². The number of halogens is 4. The second-order valence-corrected chi connectivity index (χ2v) is 4.46. The van der Waals surface area contributed by atoms with E-state index in [0.717, 1.165) is 12.1 Å². The summed E-state index contributed by atoms with van der Waals surface area (Å²) in [5, 5.41) is 0. The van der Waals surface area contributed by atoms with E-state index in [-0.39, 0.29) is 17.7 Å². The molecule has 0 spiro atoms. The van der Waals surface area contributed by atoms with E-state index < -0.39 is 24.3 Å². The molecule has 1 unspecified atom stereocenters. The smallest absolute Gasteiger partial charge is 0.387 e. The zero-order chi connectivity index (χ0) is 15.4. The lowest BCUT2D eigenvalue weighted by Crippen LogP contribution is -2.15. The van der Waals surface area contributed by atoms with E-state index in [4.69, 9.17) is 5.73 Å². The van der Waals surface area contributed by atoms with Crippen molar-refractivity contribution in [2.45, 2.75) is 19.1 Å². The molecule has 6 heteroatoms. The molecule has 2 aromatic rings. The number of ether oxygens (including phenoxy) is 1. The molecule has 0 amide bonds. The Morgan fingerprint density at radius 3 is 2.05 bits per heavy atom. The molecule has 0 aliphatic rings. The number of hydrogen-bond acceptors (Lipinski definition) is 2. The fraction of sp³-hybridized carbons (Fsp3) is 0.200. The molecule has 0 heterocycles. The van der Waals surface area contributed by atoms with Crippen LogP contribution < -0.4 is 10.5 Å². The van der Waals surface area contributed by atoms with Gasteiger partial charge in [0.2, 0.25) is 0 Å². The largest absolute Gasteiger partial charge is 0.435 e. The van der Waals surface area contributed by atoms with Crippen LogP contribution >= 0.6 is 0 Å². The Balaban J connectivity index is 2.11. The molecular formula is C15H13F4NO. The third-order valence-electron chi connectivity index (χ3n) is 3.02. The fourth-order valence-electron chi connectivity index (χ4n) is 1.96. The van der Waals surface area contributed by atoms with Gasteiger partial charge < -0.3 is 10.5 Å². The Hall–Kier alpha value is -2.08. The topological polar surface area (TPSA) is 35.2 Å². The molecule has 0 aromatic heterocycles. The predicted molar refractivity (Wildman–Crippen MR) is 70.1 cm³/mol. The highest BCUT2D eigenvalue weighted by Gasteiger charge is 2.14. The number of rotatable bonds is 5. The van der Waals surface area contributed by atoms with Crippen LogP contribution in [0, 0.1) is 11.6 Å². The Morgan fingerprint density at radius 2 is 1.52 bits per heavy atom. The molecule has 0 bridgehead atoms. The van der Waals surface area contributed by atoms with Crippen LogP contribution in [0.1, 0.15) is 17.2 Å². The lowest BCUT2D eigenvalue weighted by atomic mass is 9.99. The summed E-state index contributed by atoms with van der Waals surface area (Å²) in [6.45, 7) is -2.91. The van der Waals surface area contributed by atoms with Crippen LogP contribution in [-0.4, -0.2) is 6.61 Å². The zero-order valence-corrected chi connectivity index (χ0v) is 10.9. The van der Waals surface area contributed by atoms with Gasteiger partial charge in [-0.05, 0) is 36.2 Å². The van der Waals surface area contributed by atoms with Crippen molar-refractivity contribution < 1.29 is 22.3 Å². The van der Waals surface area contributed by atoms with E-state index in [9.17, 15) is 17.6 Å². The van der Waals surface area contributed by atoms with Crippen LogP contribution in [0.2, 0.25) is 0 Å². The molecule has 0 fully saturated rings. The van der Waals surface area contributed by atoms with E-state index in [2.05, 4.69) is 4.74 Å². The molecule has 0 aliphatic carbocycles. The highest BCUT2D eigenvalue weighted by Crippen LogP contribution is 2.23. The first-order chi connectivity index (χ1) is 9.97. The van der Waals surface area contributed by atoms with Crippen molar-refractivity contribution in [3.8, 4) is 5.75 Å². The number of nitrogens with two attached hydrogens (primary N) is 1. The zero-order valence-electron chi connectivity index (χ0n) is 10.9. The van der Waals surface area contributed by atoms with Gasteiger partial charge >= 0.3 is 6.61 Å². The average Bonchev–Trinajstić information content (AvgIpc) is 2.43. The summed E-state index contributed by atoms with van der Waals surface area (Å²) < 4.78 is 55.3. The predicted octanol–water partition coefficient (Wildman–Crippen LogP) is 3.81. The Labute approximate surface area is 119 Å². The summed E-state index contributed by atoms with van der Waals surface area (Å²) in [6, 6.07) is 8.57. The molecule has 1 atom stereocenters. The lowest BCUT2D eigenvalue weighted by Gasteiger charge is -2.14. The Kier molecular flexibility index (Phi) is 4.80. The van der Waals surface area contributed by atoms with Gasteiger partial charge in [0.05, 0.1) is 0 Å². The van der Waals surface area contributed by atoms with Crippen molar-refractivity contribution in [3.63, 3.8) is 0 Å². The fourth-order valence-corrected chi connectivity index (χ4v) is 1.96. The van der Waals surface area contributed by atoms with Crippen LogP contribution in [0.4, 0.5) is 17.6 Å². The molecule has 0 saturated heterocycles. The van der Waals surface area contributed by atoms with E-state index in [1.54, 1.807) is 0 Å². The summed E-state index contributed by atoms with van der Waals surface area (Å²) in [5.41, 5.74) is 6.36. The average molecular weight is 299 g/mol. The second kappa shape index (κ2) is 6.58. The van der Waals surface area contributed by atoms with Gasteiger partial charge in [-0.15, -0.1) is 0 Å². The van der Waals surface area contributed by atoms with E-state index in [1.807, 2.05) is 0 Å². The molecular weight excluding hydrogens is 286 g/mol. The Morgan fingerprint density at radius 1 is 0.952 bits per heavy atom. The van der Waals surface area contributed by atoms with Crippen molar-refractivity contribution in [2.24, 2.45) is 5.73 Å². The highest BCUT2D eigenvalue weighted by molar-refractivity contribution is 5.31. The van der Waals surface area contributed by atoms with Gasteiger partial charge in [0.15, 0.2) is 0 Å². The van der Waals surface area contributed by atoms with Crippen LogP contribution in [0.5, 0.6) is 5.75 Å². The minimum absolute atomic E-state index is 0.00183. The number of benzene rings is 2. The number of hydrogen-bond donors (Lipinski definition) is 1. The van der Waals surface area contributed by atoms with Crippen LogP contribution in [0.15, 0.2) is 42.5 Å². The van der Waals surface area contributed by atoms with Crippen molar-refractivity contribution in [2.75, 3.05) is 0 Å². The van der Waals surface area contributed by atoms with E-state index >= 15 is 0 Å². The molecule has 0 radical (unpaired) electrons. The lowest BCUT2D eigenvalue weighted by molar-refractivity contribution is -0.0498. The quantitative estimate of drug-likeness (QED) is 0.852.